The van der Waals surface area contributed by atoms with Gasteiger partial charge in [-0.3, -0.25) is 4.90 Å². The van der Waals surface area contributed by atoms with Crippen molar-refractivity contribution < 1.29 is 4.74 Å². The van der Waals surface area contributed by atoms with Crippen molar-refractivity contribution in [2.45, 2.75) is 38.1 Å². The van der Waals surface area contributed by atoms with E-state index < -0.39 is 0 Å². The number of anilines is 1. The molecule has 0 amide bonds. The van der Waals surface area contributed by atoms with E-state index in [9.17, 15) is 0 Å². The smallest absolute Gasteiger partial charge is 0.132 e. The monoisotopic (exact) mass is 345 g/mol. The van der Waals surface area contributed by atoms with E-state index in [0.717, 1.165) is 69.2 Å². The Morgan fingerprint density at radius 3 is 2.44 bits per heavy atom. The van der Waals surface area contributed by atoms with E-state index in [1.165, 1.54) is 25.9 Å². The topological polar surface area (TPSA) is 44.7 Å². The molecule has 3 aliphatic rings. The van der Waals surface area contributed by atoms with Gasteiger partial charge in [0.1, 0.15) is 11.6 Å². The van der Waals surface area contributed by atoms with Crippen LogP contribution < -0.4 is 4.90 Å². The second-order valence-corrected chi connectivity index (χ2v) is 7.82. The predicted octanol–water partition coefficient (Wildman–Crippen LogP) is 1.51. The molecule has 0 N–H and O–H groups in total. The first-order valence-electron chi connectivity index (χ1n) is 9.80. The molecule has 25 heavy (non-hydrogen) atoms. The summed E-state index contributed by atoms with van der Waals surface area (Å²) < 4.78 is 5.54. The number of hydrogen-bond donors (Lipinski definition) is 0. The summed E-state index contributed by atoms with van der Waals surface area (Å²) in [6, 6.07) is 2.98. The number of nitrogens with zero attached hydrogens (tertiary/aromatic N) is 5. The van der Waals surface area contributed by atoms with Crippen molar-refractivity contribution >= 4 is 5.82 Å². The minimum absolute atomic E-state index is 0.445. The summed E-state index contributed by atoms with van der Waals surface area (Å²) in [7, 11) is 2.23. The van der Waals surface area contributed by atoms with Crippen molar-refractivity contribution in [3.63, 3.8) is 0 Å². The Labute approximate surface area is 151 Å². The van der Waals surface area contributed by atoms with Crippen molar-refractivity contribution in [3.05, 3.63) is 17.6 Å². The first-order chi connectivity index (χ1) is 12.2. The molecule has 1 atom stereocenters. The summed E-state index contributed by atoms with van der Waals surface area (Å²) in [4.78, 5) is 17.0. The van der Waals surface area contributed by atoms with E-state index in [2.05, 4.69) is 32.8 Å². The van der Waals surface area contributed by atoms with Crippen LogP contribution in [0, 0.1) is 6.92 Å². The maximum atomic E-state index is 5.54. The molecule has 0 aliphatic carbocycles. The summed E-state index contributed by atoms with van der Waals surface area (Å²) in [5.74, 6) is 2.44. The zero-order chi connectivity index (χ0) is 17.2. The Morgan fingerprint density at radius 2 is 1.76 bits per heavy atom. The van der Waals surface area contributed by atoms with E-state index in [0.29, 0.717) is 5.92 Å². The van der Waals surface area contributed by atoms with Crippen LogP contribution in [0.1, 0.15) is 36.7 Å². The third-order valence-corrected chi connectivity index (χ3v) is 6.03. The van der Waals surface area contributed by atoms with Gasteiger partial charge < -0.3 is 14.5 Å². The summed E-state index contributed by atoms with van der Waals surface area (Å²) in [5.41, 5.74) is 1.16. The molecule has 0 saturated carbocycles. The normalized spacial score (nSPS) is 27.1. The quantitative estimate of drug-likeness (QED) is 0.827. The van der Waals surface area contributed by atoms with Crippen molar-refractivity contribution in [1.29, 1.82) is 0 Å². The zero-order valence-electron chi connectivity index (χ0n) is 15.7. The van der Waals surface area contributed by atoms with E-state index in [4.69, 9.17) is 9.72 Å². The Bertz CT molecular complexity index is 573. The van der Waals surface area contributed by atoms with Crippen LogP contribution in [0.2, 0.25) is 0 Å². The number of likely N-dealkylation sites (tertiary alicyclic amines) is 1. The highest BCUT2D eigenvalue weighted by Crippen LogP contribution is 2.27. The van der Waals surface area contributed by atoms with E-state index in [-0.39, 0.29) is 0 Å². The second kappa shape index (κ2) is 7.56. The first-order valence-corrected chi connectivity index (χ1v) is 9.80. The maximum absolute atomic E-state index is 5.54. The molecule has 6 nitrogen and oxygen atoms in total. The molecule has 0 bridgehead atoms. The van der Waals surface area contributed by atoms with Crippen molar-refractivity contribution in [3.8, 4) is 0 Å². The molecule has 3 fully saturated rings. The Hall–Kier alpha value is -1.24. The van der Waals surface area contributed by atoms with Gasteiger partial charge >= 0.3 is 0 Å². The van der Waals surface area contributed by atoms with Gasteiger partial charge in [-0.1, -0.05) is 0 Å². The van der Waals surface area contributed by atoms with Crippen molar-refractivity contribution in [1.82, 2.24) is 19.8 Å². The average Bonchev–Trinajstić information content (AvgIpc) is 3.17. The summed E-state index contributed by atoms with van der Waals surface area (Å²) >= 11 is 0. The van der Waals surface area contributed by atoms with Crippen molar-refractivity contribution in [2.75, 3.05) is 64.4 Å². The third kappa shape index (κ3) is 3.96. The van der Waals surface area contributed by atoms with E-state index >= 15 is 0 Å². The molecule has 3 saturated heterocycles. The number of aryl methyl sites for hydroxylation is 1. The minimum atomic E-state index is 0.445. The molecule has 0 aromatic carbocycles. The van der Waals surface area contributed by atoms with Gasteiger partial charge in [0, 0.05) is 50.8 Å². The second-order valence-electron chi connectivity index (χ2n) is 7.82. The van der Waals surface area contributed by atoms with Crippen molar-refractivity contribution in [2.24, 2.45) is 0 Å². The fourth-order valence-corrected chi connectivity index (χ4v) is 4.39. The molecule has 1 aromatic heterocycles. The maximum Gasteiger partial charge on any atom is 0.132 e. The fraction of sp³-hybridized carbons (Fsp3) is 0.789. The fourth-order valence-electron chi connectivity index (χ4n) is 4.39. The van der Waals surface area contributed by atoms with Crippen LogP contribution in [0.25, 0.3) is 0 Å². The molecule has 4 rings (SSSR count). The molecule has 0 radical (unpaired) electrons. The number of piperazine rings is 1. The van der Waals surface area contributed by atoms with Crippen LogP contribution >= 0.6 is 0 Å². The van der Waals surface area contributed by atoms with Crippen LogP contribution in [-0.4, -0.2) is 85.3 Å². The average molecular weight is 345 g/mol. The SMILES string of the molecule is Cc1nc([C@H]2CCOC2)cc(N2CCN(C3CCN(C)CC3)CC2)n1. The van der Waals surface area contributed by atoms with Crippen LogP contribution in [0.15, 0.2) is 6.07 Å². The summed E-state index contributed by atoms with van der Waals surface area (Å²) in [5, 5.41) is 0. The van der Waals surface area contributed by atoms with Crippen LogP contribution in [0.4, 0.5) is 5.82 Å². The predicted molar refractivity (Wildman–Crippen MR) is 99.3 cm³/mol. The molecule has 0 spiro atoms. The van der Waals surface area contributed by atoms with Crippen LogP contribution in [0.3, 0.4) is 0 Å². The van der Waals surface area contributed by atoms with Gasteiger partial charge in [-0.25, -0.2) is 9.97 Å². The Balaban J connectivity index is 1.39. The van der Waals surface area contributed by atoms with Gasteiger partial charge in [0.25, 0.3) is 0 Å². The molecule has 0 unspecified atom stereocenters. The lowest BCUT2D eigenvalue weighted by Crippen LogP contribution is -2.53. The molecule has 1 aromatic rings. The van der Waals surface area contributed by atoms with Gasteiger partial charge in [-0.2, -0.15) is 0 Å². The lowest BCUT2D eigenvalue weighted by atomic mass is 10.0. The van der Waals surface area contributed by atoms with Gasteiger partial charge in [0.2, 0.25) is 0 Å². The van der Waals surface area contributed by atoms with E-state index in [1.807, 2.05) is 6.92 Å². The number of aromatic nitrogens is 2. The highest BCUT2D eigenvalue weighted by atomic mass is 16.5. The van der Waals surface area contributed by atoms with Gasteiger partial charge in [-0.15, -0.1) is 0 Å². The van der Waals surface area contributed by atoms with Gasteiger partial charge in [0.05, 0.1) is 12.3 Å². The summed E-state index contributed by atoms with van der Waals surface area (Å²) in [6.07, 6.45) is 3.71. The molecular weight excluding hydrogens is 314 g/mol. The number of piperidine rings is 1. The van der Waals surface area contributed by atoms with E-state index in [1.54, 1.807) is 0 Å². The standard InChI is InChI=1S/C19H31N5O/c1-15-20-18(16-5-12-25-14-16)13-19(21-15)24-10-8-23(9-11-24)17-3-6-22(2)7-4-17/h13,16-17H,3-12,14H2,1-2H3/t16-/m0/s1. The highest BCUT2D eigenvalue weighted by Gasteiger charge is 2.28. The molecule has 6 heteroatoms. The van der Waals surface area contributed by atoms with Gasteiger partial charge in [0.15, 0.2) is 0 Å². The summed E-state index contributed by atoms with van der Waals surface area (Å²) in [6.45, 7) is 10.6. The third-order valence-electron chi connectivity index (χ3n) is 6.03. The number of ether oxygens (including phenoxy) is 1. The van der Waals surface area contributed by atoms with Crippen LogP contribution in [-0.2, 0) is 4.74 Å². The zero-order valence-corrected chi connectivity index (χ0v) is 15.7. The molecule has 4 heterocycles. The van der Waals surface area contributed by atoms with Gasteiger partial charge in [-0.05, 0) is 46.3 Å². The number of rotatable bonds is 3. The first kappa shape index (κ1) is 17.2. The lowest BCUT2D eigenvalue weighted by molar-refractivity contribution is 0.115. The highest BCUT2D eigenvalue weighted by molar-refractivity contribution is 5.41. The molecule has 138 valence electrons. The number of hydrogen-bond acceptors (Lipinski definition) is 6. The minimum Gasteiger partial charge on any atom is -0.381 e. The Morgan fingerprint density at radius 1 is 1.00 bits per heavy atom. The largest absolute Gasteiger partial charge is 0.381 e. The molecular formula is C19H31N5O. The van der Waals surface area contributed by atoms with Crippen LogP contribution in [0.5, 0.6) is 0 Å². The molecule has 3 aliphatic heterocycles. The Kier molecular flexibility index (Phi) is 5.20. The lowest BCUT2D eigenvalue weighted by Gasteiger charge is -2.42.